The summed E-state index contributed by atoms with van der Waals surface area (Å²) in [5, 5.41) is 0. The van der Waals surface area contributed by atoms with Gasteiger partial charge < -0.3 is 9.57 Å². The fourth-order valence-electron chi connectivity index (χ4n) is 2.25. The molecule has 0 aromatic heterocycles. The van der Waals surface area contributed by atoms with Crippen molar-refractivity contribution in [1.29, 1.82) is 0 Å². The quantitative estimate of drug-likeness (QED) is 0.681. The van der Waals surface area contributed by atoms with Crippen LogP contribution in [0.4, 0.5) is 0 Å². The van der Waals surface area contributed by atoms with Crippen molar-refractivity contribution < 1.29 is 9.57 Å². The summed E-state index contributed by atoms with van der Waals surface area (Å²) in [5.41, 5.74) is 3.43. The number of rotatable bonds is 7. The standard InChI is InChI=1S/C13H27NO2/c1-6-13(5)11(8-12(13)15-7-2)14-16-9-10(3)4/h10-12,14H,6-9H2,1-5H3. The molecular weight excluding hydrogens is 202 g/mol. The summed E-state index contributed by atoms with van der Waals surface area (Å²) in [7, 11) is 0. The lowest BCUT2D eigenvalue weighted by molar-refractivity contribution is -0.166. The molecule has 3 heteroatoms. The van der Waals surface area contributed by atoms with Crippen LogP contribution in [0.1, 0.15) is 47.5 Å². The van der Waals surface area contributed by atoms with E-state index in [0.717, 1.165) is 26.1 Å². The molecule has 0 spiro atoms. The maximum atomic E-state index is 5.75. The smallest absolute Gasteiger partial charge is 0.0705 e. The number of ether oxygens (including phenoxy) is 1. The first kappa shape index (κ1) is 13.9. The predicted octanol–water partition coefficient (Wildman–Crippen LogP) is 2.76. The van der Waals surface area contributed by atoms with Gasteiger partial charge in [-0.1, -0.05) is 27.7 Å². The minimum Gasteiger partial charge on any atom is -0.378 e. The van der Waals surface area contributed by atoms with Crippen LogP contribution in [0.15, 0.2) is 0 Å². The lowest BCUT2D eigenvalue weighted by Gasteiger charge is -2.53. The van der Waals surface area contributed by atoms with Crippen molar-refractivity contribution in [3.8, 4) is 0 Å². The molecule has 3 nitrogen and oxygen atoms in total. The highest BCUT2D eigenvalue weighted by atomic mass is 16.6. The number of hydrogen-bond acceptors (Lipinski definition) is 3. The molecule has 1 aliphatic rings. The van der Waals surface area contributed by atoms with Gasteiger partial charge in [-0.3, -0.25) is 0 Å². The second-order valence-corrected chi connectivity index (χ2v) is 5.41. The fourth-order valence-corrected chi connectivity index (χ4v) is 2.25. The molecule has 1 N–H and O–H groups in total. The van der Waals surface area contributed by atoms with E-state index < -0.39 is 0 Å². The molecule has 96 valence electrons. The van der Waals surface area contributed by atoms with Crippen LogP contribution in [0.3, 0.4) is 0 Å². The van der Waals surface area contributed by atoms with Crippen LogP contribution in [0.2, 0.25) is 0 Å². The molecule has 0 aromatic carbocycles. The second kappa shape index (κ2) is 5.99. The molecule has 0 radical (unpaired) electrons. The first-order valence-corrected chi connectivity index (χ1v) is 6.53. The topological polar surface area (TPSA) is 30.5 Å². The molecule has 3 unspecified atom stereocenters. The van der Waals surface area contributed by atoms with E-state index >= 15 is 0 Å². The first-order valence-electron chi connectivity index (χ1n) is 6.53. The Kier molecular flexibility index (Phi) is 5.22. The van der Waals surface area contributed by atoms with Gasteiger partial charge in [-0.25, -0.2) is 0 Å². The third kappa shape index (κ3) is 2.96. The first-order chi connectivity index (χ1) is 7.54. The van der Waals surface area contributed by atoms with Crippen LogP contribution in [0, 0.1) is 11.3 Å². The Hall–Kier alpha value is -0.120. The Morgan fingerprint density at radius 3 is 2.56 bits per heavy atom. The molecule has 1 saturated carbocycles. The molecule has 1 rings (SSSR count). The number of hydrogen-bond donors (Lipinski definition) is 1. The van der Waals surface area contributed by atoms with Gasteiger partial charge >= 0.3 is 0 Å². The van der Waals surface area contributed by atoms with Crippen LogP contribution in [-0.2, 0) is 9.57 Å². The van der Waals surface area contributed by atoms with Gasteiger partial charge in [0.1, 0.15) is 0 Å². The van der Waals surface area contributed by atoms with Gasteiger partial charge in [0.15, 0.2) is 0 Å². The summed E-state index contributed by atoms with van der Waals surface area (Å²) in [6, 6.07) is 0.438. The maximum absolute atomic E-state index is 5.75. The average Bonchev–Trinajstić information content (AvgIpc) is 2.25. The Bertz CT molecular complexity index is 208. The zero-order chi connectivity index (χ0) is 12.2. The molecule has 3 atom stereocenters. The fraction of sp³-hybridized carbons (Fsp3) is 1.00. The molecule has 16 heavy (non-hydrogen) atoms. The van der Waals surface area contributed by atoms with E-state index in [1.54, 1.807) is 0 Å². The summed E-state index contributed by atoms with van der Waals surface area (Å²) >= 11 is 0. The molecule has 0 heterocycles. The van der Waals surface area contributed by atoms with Crippen molar-refractivity contribution in [1.82, 2.24) is 5.48 Å². The van der Waals surface area contributed by atoms with Gasteiger partial charge in [0.05, 0.1) is 12.7 Å². The average molecular weight is 229 g/mol. The van der Waals surface area contributed by atoms with Crippen molar-refractivity contribution in [3.05, 3.63) is 0 Å². The van der Waals surface area contributed by atoms with Gasteiger partial charge in [0, 0.05) is 18.1 Å². The molecule has 0 bridgehead atoms. The molecule has 0 aliphatic heterocycles. The van der Waals surface area contributed by atoms with Crippen molar-refractivity contribution in [2.24, 2.45) is 11.3 Å². The van der Waals surface area contributed by atoms with Crippen molar-refractivity contribution in [2.75, 3.05) is 13.2 Å². The second-order valence-electron chi connectivity index (χ2n) is 5.41. The highest BCUT2D eigenvalue weighted by molar-refractivity contribution is 5.03. The normalized spacial score (nSPS) is 34.1. The summed E-state index contributed by atoms with van der Waals surface area (Å²) in [6.45, 7) is 12.5. The van der Waals surface area contributed by atoms with E-state index in [9.17, 15) is 0 Å². The number of hydroxylamine groups is 1. The zero-order valence-corrected chi connectivity index (χ0v) is 11.4. The summed E-state index contributed by atoms with van der Waals surface area (Å²) < 4.78 is 5.75. The van der Waals surface area contributed by atoms with E-state index in [4.69, 9.17) is 9.57 Å². The Morgan fingerprint density at radius 2 is 2.06 bits per heavy atom. The Labute approximate surface area is 99.8 Å². The van der Waals surface area contributed by atoms with Gasteiger partial charge in [-0.05, 0) is 25.7 Å². The molecule has 1 aliphatic carbocycles. The zero-order valence-electron chi connectivity index (χ0n) is 11.4. The highest BCUT2D eigenvalue weighted by Gasteiger charge is 2.51. The lowest BCUT2D eigenvalue weighted by Crippen LogP contribution is -2.62. The number of nitrogens with one attached hydrogen (secondary N) is 1. The minimum atomic E-state index is 0.229. The van der Waals surface area contributed by atoms with Crippen LogP contribution in [0.5, 0.6) is 0 Å². The molecule has 1 fully saturated rings. The highest BCUT2D eigenvalue weighted by Crippen LogP contribution is 2.45. The third-order valence-corrected chi connectivity index (χ3v) is 3.75. The van der Waals surface area contributed by atoms with E-state index in [1.807, 2.05) is 0 Å². The van der Waals surface area contributed by atoms with Gasteiger partial charge in [0.25, 0.3) is 0 Å². The van der Waals surface area contributed by atoms with E-state index in [1.165, 1.54) is 0 Å². The molecule has 0 aromatic rings. The minimum absolute atomic E-state index is 0.229. The maximum Gasteiger partial charge on any atom is 0.0705 e. The Morgan fingerprint density at radius 1 is 1.38 bits per heavy atom. The molecular formula is C13H27NO2. The van der Waals surface area contributed by atoms with Crippen molar-refractivity contribution >= 4 is 0 Å². The molecule has 0 saturated heterocycles. The van der Waals surface area contributed by atoms with Gasteiger partial charge in [-0.2, -0.15) is 5.48 Å². The van der Waals surface area contributed by atoms with E-state index in [0.29, 0.717) is 18.1 Å². The van der Waals surface area contributed by atoms with Crippen molar-refractivity contribution in [2.45, 2.75) is 59.6 Å². The lowest BCUT2D eigenvalue weighted by atomic mass is 9.62. The predicted molar refractivity (Wildman–Crippen MR) is 66.1 cm³/mol. The van der Waals surface area contributed by atoms with Crippen molar-refractivity contribution in [3.63, 3.8) is 0 Å². The van der Waals surface area contributed by atoms with Crippen LogP contribution < -0.4 is 5.48 Å². The third-order valence-electron chi connectivity index (χ3n) is 3.75. The monoisotopic (exact) mass is 229 g/mol. The summed E-state index contributed by atoms with van der Waals surface area (Å²) in [5.74, 6) is 0.572. The van der Waals surface area contributed by atoms with E-state index in [2.05, 4.69) is 40.1 Å². The summed E-state index contributed by atoms with van der Waals surface area (Å²) in [6.07, 6.45) is 2.58. The van der Waals surface area contributed by atoms with Crippen LogP contribution in [-0.4, -0.2) is 25.4 Å². The van der Waals surface area contributed by atoms with Gasteiger partial charge in [0.2, 0.25) is 0 Å². The van der Waals surface area contributed by atoms with Crippen LogP contribution in [0.25, 0.3) is 0 Å². The van der Waals surface area contributed by atoms with E-state index in [-0.39, 0.29) is 5.41 Å². The van der Waals surface area contributed by atoms with Crippen LogP contribution >= 0.6 is 0 Å². The van der Waals surface area contributed by atoms with Gasteiger partial charge in [-0.15, -0.1) is 0 Å². The Balaban J connectivity index is 2.34. The largest absolute Gasteiger partial charge is 0.378 e. The molecule has 0 amide bonds. The summed E-state index contributed by atoms with van der Waals surface area (Å²) in [4.78, 5) is 5.52. The SMILES string of the molecule is CCOC1CC(NOCC(C)C)C1(C)CC.